The van der Waals surface area contributed by atoms with Crippen LogP contribution in [0, 0.1) is 13.8 Å². The number of esters is 3. The van der Waals surface area contributed by atoms with E-state index in [0.717, 1.165) is 23.3 Å². The third kappa shape index (κ3) is 12.8. The van der Waals surface area contributed by atoms with Gasteiger partial charge in [-0.2, -0.15) is 4.98 Å². The first-order valence-electron chi connectivity index (χ1n) is 18.2. The molecule has 24 heteroatoms. The van der Waals surface area contributed by atoms with Gasteiger partial charge in [-0.3, -0.25) is 43.1 Å². The average molecular weight is 944 g/mol. The molecule has 0 saturated carbocycles. The largest absolute Gasteiger partial charge is 0.469 e. The van der Waals surface area contributed by atoms with E-state index >= 15 is 0 Å². The number of hydrogen-bond acceptors (Lipinski definition) is 15. The molecule has 2 N–H and O–H groups in total. The minimum atomic E-state index is -0.498. The summed E-state index contributed by atoms with van der Waals surface area (Å²) in [5, 5.41) is 1.19. The van der Waals surface area contributed by atoms with E-state index in [0.29, 0.717) is 84.7 Å². The Balaban J connectivity index is 0.000000224. The number of methoxy groups -OCH3 is 3. The molecule has 0 amide bonds. The first-order chi connectivity index (χ1) is 28.4. The Morgan fingerprint density at radius 1 is 0.700 bits per heavy atom. The molecule has 5 aromatic heterocycles. The monoisotopic (exact) mass is 941 g/mol. The van der Waals surface area contributed by atoms with Crippen LogP contribution in [0.25, 0.3) is 22.3 Å². The minimum Gasteiger partial charge on any atom is -0.469 e. The molecule has 5 aromatic rings. The predicted molar refractivity (Wildman–Crippen MR) is 227 cm³/mol. The summed E-state index contributed by atoms with van der Waals surface area (Å²) in [4.78, 5) is 103. The maximum absolute atomic E-state index is 11.9. The van der Waals surface area contributed by atoms with Crippen LogP contribution in [0.1, 0.15) is 62.7 Å². The molecule has 6 heterocycles. The van der Waals surface area contributed by atoms with Crippen LogP contribution in [0.4, 0.5) is 5.82 Å². The summed E-state index contributed by atoms with van der Waals surface area (Å²) < 4.78 is 19.8. The van der Waals surface area contributed by atoms with Gasteiger partial charge in [0.2, 0.25) is 5.28 Å². The van der Waals surface area contributed by atoms with E-state index in [4.69, 9.17) is 23.2 Å². The number of fused-ring (bicyclic) bond motifs is 3. The van der Waals surface area contributed by atoms with Gasteiger partial charge in [0.1, 0.15) is 23.0 Å². The van der Waals surface area contributed by atoms with Crippen molar-refractivity contribution in [2.24, 2.45) is 19.1 Å². The zero-order chi connectivity index (χ0) is 44.8. The number of ether oxygens (including phenoxy) is 3. The lowest BCUT2D eigenvalue weighted by atomic mass is 10.2. The van der Waals surface area contributed by atoms with Gasteiger partial charge in [0, 0.05) is 63.9 Å². The molecule has 0 spiro atoms. The molecule has 1 aliphatic rings. The van der Waals surface area contributed by atoms with E-state index in [9.17, 15) is 33.6 Å². The maximum Gasteiger partial charge on any atom is 0.329 e. The Bertz CT molecular complexity index is 2630. The Labute approximate surface area is 360 Å². The van der Waals surface area contributed by atoms with E-state index in [1.165, 1.54) is 30.5 Å². The SMILES string of the molecule is CC1=Nc2c(c(=O)[nH]c(=O)n2C)C1.COC(=O)CCCBr.COC(=O)CCCn1c(C)nc2c1c(=O)[nH]c(=O)n2C.COC(=O)CCCn1c(C)nc2nc(Cl)nc(Cl)c21. The third-order valence-corrected chi connectivity index (χ3v) is 9.75. The molecule has 0 bridgehead atoms. The van der Waals surface area contributed by atoms with Crippen LogP contribution in [-0.2, 0) is 62.2 Å². The summed E-state index contributed by atoms with van der Waals surface area (Å²) in [7, 11) is 7.25. The number of nitrogens with one attached hydrogen (secondary N) is 2. The highest BCUT2D eigenvalue weighted by atomic mass is 79.9. The smallest absolute Gasteiger partial charge is 0.329 e. The zero-order valence-electron chi connectivity index (χ0n) is 34.3. The quantitative estimate of drug-likeness (QED) is 0.0634. The lowest BCUT2D eigenvalue weighted by molar-refractivity contribution is -0.141. The highest BCUT2D eigenvalue weighted by Gasteiger charge is 2.19. The molecule has 0 fully saturated rings. The Morgan fingerprint density at radius 2 is 1.20 bits per heavy atom. The van der Waals surface area contributed by atoms with E-state index in [1.807, 2.05) is 18.4 Å². The molecule has 21 nitrogen and oxygen atoms in total. The molecule has 0 atom stereocenters. The molecule has 60 heavy (non-hydrogen) atoms. The lowest BCUT2D eigenvalue weighted by Crippen LogP contribution is -2.29. The first-order valence-corrected chi connectivity index (χ1v) is 20.1. The van der Waals surface area contributed by atoms with Crippen molar-refractivity contribution in [1.82, 2.24) is 48.2 Å². The summed E-state index contributed by atoms with van der Waals surface area (Å²) in [6, 6.07) is 0. The van der Waals surface area contributed by atoms with Gasteiger partial charge in [0.05, 0.1) is 26.9 Å². The number of alkyl halides is 1. The fraction of sp³-hybridized carbons (Fsp3) is 0.500. The molecule has 0 radical (unpaired) electrons. The summed E-state index contributed by atoms with van der Waals surface area (Å²) in [5.41, 5.74) is 1.52. The number of carbonyl (C=O) groups is 3. The molecule has 0 unspecified atom stereocenters. The number of hydrogen-bond donors (Lipinski definition) is 2. The fourth-order valence-electron chi connectivity index (χ4n) is 5.68. The van der Waals surface area contributed by atoms with Crippen molar-refractivity contribution in [1.29, 1.82) is 0 Å². The number of H-pyrrole nitrogens is 2. The lowest BCUT2D eigenvalue weighted by Gasteiger charge is -2.06. The minimum absolute atomic E-state index is 0.0664. The van der Waals surface area contributed by atoms with Crippen molar-refractivity contribution in [2.75, 3.05) is 26.7 Å². The summed E-state index contributed by atoms with van der Waals surface area (Å²) in [6.07, 6.45) is 3.66. The average Bonchev–Trinajstić information content (AvgIpc) is 3.87. The van der Waals surface area contributed by atoms with Crippen LogP contribution in [0.3, 0.4) is 0 Å². The predicted octanol–water partition coefficient (Wildman–Crippen LogP) is 3.14. The molecule has 326 valence electrons. The third-order valence-electron chi connectivity index (χ3n) is 8.76. The highest BCUT2D eigenvalue weighted by Crippen LogP contribution is 2.24. The fourth-order valence-corrected chi connectivity index (χ4v) is 6.44. The Hall–Kier alpha value is -5.48. The van der Waals surface area contributed by atoms with Crippen LogP contribution < -0.4 is 22.5 Å². The normalized spacial score (nSPS) is 11.3. The number of imidazole rings is 2. The molecule has 0 saturated heterocycles. The van der Waals surface area contributed by atoms with Gasteiger partial charge < -0.3 is 23.3 Å². The molecule has 0 aliphatic carbocycles. The van der Waals surface area contributed by atoms with Gasteiger partial charge in [-0.1, -0.05) is 27.5 Å². The summed E-state index contributed by atoms with van der Waals surface area (Å²) >= 11 is 15.0. The van der Waals surface area contributed by atoms with Crippen LogP contribution in [0.15, 0.2) is 24.2 Å². The second-order valence-electron chi connectivity index (χ2n) is 12.9. The van der Waals surface area contributed by atoms with Crippen molar-refractivity contribution in [2.45, 2.75) is 78.8 Å². The van der Waals surface area contributed by atoms with Crippen LogP contribution >= 0.6 is 39.1 Å². The van der Waals surface area contributed by atoms with Crippen molar-refractivity contribution >= 4 is 90.9 Å². The van der Waals surface area contributed by atoms with Crippen LogP contribution in [0.2, 0.25) is 10.4 Å². The van der Waals surface area contributed by atoms with Gasteiger partial charge in [0.15, 0.2) is 22.0 Å². The zero-order valence-corrected chi connectivity index (χ0v) is 37.4. The highest BCUT2D eigenvalue weighted by molar-refractivity contribution is 9.09. The Morgan fingerprint density at radius 3 is 1.75 bits per heavy atom. The topological polar surface area (TPSA) is 262 Å². The van der Waals surface area contributed by atoms with Gasteiger partial charge in [-0.05, 0) is 51.6 Å². The number of aromatic nitrogens is 10. The maximum atomic E-state index is 11.9. The van der Waals surface area contributed by atoms with Crippen molar-refractivity contribution in [3.8, 4) is 0 Å². The van der Waals surface area contributed by atoms with Gasteiger partial charge in [-0.15, -0.1) is 0 Å². The van der Waals surface area contributed by atoms with Crippen molar-refractivity contribution in [3.63, 3.8) is 0 Å². The van der Waals surface area contributed by atoms with Crippen molar-refractivity contribution < 1.29 is 28.6 Å². The molecule has 6 rings (SSSR count). The van der Waals surface area contributed by atoms with Crippen molar-refractivity contribution in [3.05, 3.63) is 69.3 Å². The number of aromatic amines is 2. The second-order valence-corrected chi connectivity index (χ2v) is 14.4. The van der Waals surface area contributed by atoms with Gasteiger partial charge in [-0.25, -0.2) is 29.5 Å². The standard InChI is InChI=1S/C12H16N4O4.C11H12Cl2N4O2.C8H9N3O2.C5H9BrO2/c1-7-13-10-9(11(18)14-12(19)15(10)2)16(7)6-4-5-8(17)20-3;1-6-14-10-8(9(12)15-11(13)16-10)17(6)5-3-4-7(18)19-2;1-4-3-5-6(9-4)11(2)8(13)10-7(5)12;1-8-5(7)3-2-4-6/h4-6H2,1-3H3,(H,14,18,19);3-5H2,1-2H3;3H2,1-2H3,(H,10,12,13);2-4H2,1H3. The molecular weight excluding hydrogens is 897 g/mol. The van der Waals surface area contributed by atoms with E-state index in [1.54, 1.807) is 25.6 Å². The molecule has 0 aromatic carbocycles. The van der Waals surface area contributed by atoms with E-state index in [-0.39, 0.29) is 40.3 Å². The number of rotatable bonds is 11. The van der Waals surface area contributed by atoms with Gasteiger partial charge in [0.25, 0.3) is 11.1 Å². The number of aryl methyl sites for hydroxylation is 5. The Kier molecular flexibility index (Phi) is 18.6. The van der Waals surface area contributed by atoms with Crippen LogP contribution in [-0.4, -0.2) is 98.5 Å². The number of nitrogens with zero attached hydrogens (tertiary/aromatic N) is 9. The number of carbonyl (C=O) groups excluding carboxylic acids is 3. The summed E-state index contributed by atoms with van der Waals surface area (Å²) in [6.45, 7) is 6.47. The van der Waals surface area contributed by atoms with E-state index < -0.39 is 16.9 Å². The summed E-state index contributed by atoms with van der Waals surface area (Å²) in [5.74, 6) is 1.19. The number of aliphatic imine (C=N–C) groups is 1. The van der Waals surface area contributed by atoms with E-state index in [2.05, 4.69) is 65.0 Å². The van der Waals surface area contributed by atoms with Gasteiger partial charge >= 0.3 is 29.3 Å². The molecular formula is C36H46BrCl2N11O10. The second kappa shape index (κ2) is 22.8. The molecule has 1 aliphatic heterocycles. The van der Waals surface area contributed by atoms with Crippen LogP contribution in [0.5, 0.6) is 0 Å². The number of halogens is 3. The first kappa shape index (κ1) is 48.9.